The van der Waals surface area contributed by atoms with Crippen molar-refractivity contribution >= 4 is 23.4 Å². The zero-order valence-corrected chi connectivity index (χ0v) is 31.1. The molecule has 17 heteroatoms. The van der Waals surface area contributed by atoms with Gasteiger partial charge in [-0.25, -0.2) is 0 Å². The number of phenols is 2. The van der Waals surface area contributed by atoms with Crippen LogP contribution in [0.1, 0.15) is 75.8 Å². The van der Waals surface area contributed by atoms with Crippen molar-refractivity contribution in [2.45, 2.75) is 81.7 Å². The van der Waals surface area contributed by atoms with Crippen LogP contribution in [0.5, 0.6) is 17.2 Å². The number of ether oxygens (including phenoxy) is 5. The van der Waals surface area contributed by atoms with Crippen LogP contribution < -0.4 is 15.8 Å². The summed E-state index contributed by atoms with van der Waals surface area (Å²) in [6.45, 7) is 5.18. The Hall–Kier alpha value is -4.20. The number of benzene rings is 2. The fourth-order valence-electron chi connectivity index (χ4n) is 8.50. The van der Waals surface area contributed by atoms with Crippen molar-refractivity contribution in [3.8, 4) is 17.2 Å². The van der Waals surface area contributed by atoms with Crippen LogP contribution in [0.15, 0.2) is 18.2 Å². The number of likely N-dealkylation sites (tertiary alicyclic amines) is 1. The monoisotopic (exact) mass is 768 g/mol. The van der Waals surface area contributed by atoms with Gasteiger partial charge in [0.1, 0.15) is 22.8 Å². The van der Waals surface area contributed by atoms with Crippen LogP contribution in [0.4, 0.5) is 0 Å². The van der Waals surface area contributed by atoms with Gasteiger partial charge in [-0.2, -0.15) is 0 Å². The molecule has 5 aliphatic rings. The molecular formula is C38H48N4O13. The van der Waals surface area contributed by atoms with Gasteiger partial charge in [-0.3, -0.25) is 24.1 Å². The lowest BCUT2D eigenvalue weighted by molar-refractivity contribution is -0.267. The molecule has 0 spiro atoms. The van der Waals surface area contributed by atoms with Gasteiger partial charge in [0, 0.05) is 87.7 Å². The lowest BCUT2D eigenvalue weighted by Crippen LogP contribution is -2.62. The summed E-state index contributed by atoms with van der Waals surface area (Å²) in [7, 11) is 2.87. The zero-order chi connectivity index (χ0) is 39.5. The van der Waals surface area contributed by atoms with E-state index in [0.717, 1.165) is 0 Å². The molecule has 2 aromatic rings. The standard InChI is InChI=1S/C38H48N4O13/c1-17(39)36(48)40-13-19-14-42(15-19)37(49)38(50)11-21-28(35(47)30-29(33(21)45)32(44)20-6-5-7-23(51-3)27(20)34(30)46)24(12-38)55-25-10-22(31(43)18(2)54-25)41-8-9-53-26(16-41)52-4/h5-7,17-19,22,24-26,31,43,45,47,50H,8-16,39H2,1-4H3,(H,40,48)/t17-,18-,22-,24-,25-,26-,31+,38-/m0/s1. The topological polar surface area (TPSA) is 240 Å². The Morgan fingerprint density at radius 2 is 1.80 bits per heavy atom. The normalized spacial score (nSPS) is 30.1. The van der Waals surface area contributed by atoms with Crippen LogP contribution in [-0.4, -0.2) is 150 Å². The predicted molar refractivity (Wildman–Crippen MR) is 191 cm³/mol. The van der Waals surface area contributed by atoms with Crippen LogP contribution in [0.2, 0.25) is 0 Å². The largest absolute Gasteiger partial charge is 0.507 e. The Morgan fingerprint density at radius 1 is 1.07 bits per heavy atom. The van der Waals surface area contributed by atoms with Crippen LogP contribution >= 0.6 is 0 Å². The number of nitrogens with two attached hydrogens (primary N) is 1. The van der Waals surface area contributed by atoms with Gasteiger partial charge in [0.15, 0.2) is 18.4 Å². The van der Waals surface area contributed by atoms with E-state index in [1.807, 2.05) is 4.90 Å². The smallest absolute Gasteiger partial charge is 0.255 e. The first-order chi connectivity index (χ1) is 26.2. The maximum atomic E-state index is 14.1. The minimum Gasteiger partial charge on any atom is -0.507 e. The molecule has 2 aliphatic carbocycles. The molecule has 0 saturated carbocycles. The number of fused-ring (bicyclic) bond motifs is 3. The van der Waals surface area contributed by atoms with E-state index in [1.54, 1.807) is 13.8 Å². The summed E-state index contributed by atoms with van der Waals surface area (Å²) in [6, 6.07) is 3.26. The maximum Gasteiger partial charge on any atom is 0.255 e. The van der Waals surface area contributed by atoms with Crippen molar-refractivity contribution in [3.05, 3.63) is 51.6 Å². The molecule has 0 unspecified atom stereocenters. The number of carbonyl (C=O) groups excluding carboxylic acids is 4. The second kappa shape index (κ2) is 15.0. The van der Waals surface area contributed by atoms with Gasteiger partial charge in [0.05, 0.1) is 54.8 Å². The summed E-state index contributed by atoms with van der Waals surface area (Å²) in [5.41, 5.74) is 2.20. The average Bonchev–Trinajstić information content (AvgIpc) is 3.15. The molecular weight excluding hydrogens is 720 g/mol. The molecule has 3 saturated heterocycles. The molecule has 2 aromatic carbocycles. The minimum absolute atomic E-state index is 0.0443. The molecule has 55 heavy (non-hydrogen) atoms. The number of nitrogens with one attached hydrogen (secondary N) is 1. The van der Waals surface area contributed by atoms with Crippen LogP contribution in [0.25, 0.3) is 0 Å². The SMILES string of the molecule is COc1cccc2c1C(=O)c1c(O)c3c(c(O)c1C2=O)C[C@@](O)(C(=O)N1CC(CNC(=O)[C@H](C)N)C1)C[C@@H]3O[C@H]1C[C@H](N2CCO[C@H](OC)C2)[C@H](O)[C@H](C)O1. The number of morpholine rings is 1. The summed E-state index contributed by atoms with van der Waals surface area (Å²) in [5, 5.41) is 50.1. The van der Waals surface area contributed by atoms with Gasteiger partial charge in [0.25, 0.3) is 5.91 Å². The highest BCUT2D eigenvalue weighted by Gasteiger charge is 2.53. The molecule has 0 radical (unpaired) electrons. The van der Waals surface area contributed by atoms with E-state index in [1.165, 1.54) is 37.3 Å². The van der Waals surface area contributed by atoms with Gasteiger partial charge in [-0.1, -0.05) is 12.1 Å². The Balaban J connectivity index is 1.24. The van der Waals surface area contributed by atoms with Gasteiger partial charge < -0.3 is 60.1 Å². The number of hydrogen-bond donors (Lipinski definition) is 6. The van der Waals surface area contributed by atoms with Gasteiger partial charge >= 0.3 is 0 Å². The number of aromatic hydroxyl groups is 2. The Labute approximate surface area is 317 Å². The van der Waals surface area contributed by atoms with E-state index in [2.05, 4.69) is 5.32 Å². The number of methoxy groups -OCH3 is 2. The highest BCUT2D eigenvalue weighted by Crippen LogP contribution is 2.53. The lowest BCUT2D eigenvalue weighted by atomic mass is 9.72. The van der Waals surface area contributed by atoms with Crippen molar-refractivity contribution in [3.63, 3.8) is 0 Å². The molecule has 3 aliphatic heterocycles. The van der Waals surface area contributed by atoms with Crippen LogP contribution in [0, 0.1) is 5.92 Å². The number of aliphatic hydroxyl groups is 2. The molecule has 17 nitrogen and oxygen atoms in total. The summed E-state index contributed by atoms with van der Waals surface area (Å²) >= 11 is 0. The highest BCUT2D eigenvalue weighted by molar-refractivity contribution is 6.31. The predicted octanol–water partition coefficient (Wildman–Crippen LogP) is -0.292. The van der Waals surface area contributed by atoms with E-state index in [0.29, 0.717) is 19.7 Å². The van der Waals surface area contributed by atoms with E-state index in [9.17, 15) is 39.6 Å². The number of carbonyl (C=O) groups is 4. The molecule has 0 bridgehead atoms. The summed E-state index contributed by atoms with van der Waals surface area (Å²) in [6.07, 6.45) is -5.37. The average molecular weight is 769 g/mol. The van der Waals surface area contributed by atoms with Crippen molar-refractivity contribution in [2.24, 2.45) is 11.7 Å². The summed E-state index contributed by atoms with van der Waals surface area (Å²) < 4.78 is 29.1. The van der Waals surface area contributed by atoms with Gasteiger partial charge in [-0.05, 0) is 19.9 Å². The Kier molecular flexibility index (Phi) is 10.7. The molecule has 3 heterocycles. The minimum atomic E-state index is -2.20. The molecule has 7 N–H and O–H groups in total. The van der Waals surface area contributed by atoms with Crippen molar-refractivity contribution in [2.75, 3.05) is 53.6 Å². The van der Waals surface area contributed by atoms with Crippen molar-refractivity contribution < 1.29 is 63.3 Å². The molecule has 0 aromatic heterocycles. The molecule has 3 fully saturated rings. The first-order valence-corrected chi connectivity index (χ1v) is 18.5. The molecule has 2 amide bonds. The van der Waals surface area contributed by atoms with E-state index < -0.39 is 102 Å². The second-order valence-electron chi connectivity index (χ2n) is 15.1. The van der Waals surface area contributed by atoms with E-state index >= 15 is 0 Å². The molecule has 8 atom stereocenters. The number of phenolic OH excluding ortho intramolecular Hbond substituents is 2. The Morgan fingerprint density at radius 3 is 2.49 bits per heavy atom. The van der Waals surface area contributed by atoms with E-state index in [4.69, 9.17) is 29.4 Å². The summed E-state index contributed by atoms with van der Waals surface area (Å²) in [4.78, 5) is 57.6. The molecule has 298 valence electrons. The first kappa shape index (κ1) is 39.1. The van der Waals surface area contributed by atoms with Crippen molar-refractivity contribution in [1.29, 1.82) is 0 Å². The summed E-state index contributed by atoms with van der Waals surface area (Å²) in [5.74, 6) is -3.83. The number of amides is 2. The lowest BCUT2D eigenvalue weighted by Gasteiger charge is -2.48. The number of nitrogens with zero attached hydrogens (tertiary/aromatic N) is 2. The number of ketones is 2. The van der Waals surface area contributed by atoms with Crippen molar-refractivity contribution in [1.82, 2.24) is 15.1 Å². The third-order valence-corrected chi connectivity index (χ3v) is 11.5. The first-order valence-electron chi connectivity index (χ1n) is 18.5. The quantitative estimate of drug-likeness (QED) is 0.153. The fraction of sp³-hybridized carbons (Fsp3) is 0.579. The fourth-order valence-corrected chi connectivity index (χ4v) is 8.50. The number of aliphatic hydroxyl groups excluding tert-OH is 1. The van der Waals surface area contributed by atoms with Gasteiger partial charge in [-0.15, -0.1) is 0 Å². The third kappa shape index (κ3) is 6.86. The maximum absolute atomic E-state index is 14.1. The number of hydrogen-bond acceptors (Lipinski definition) is 15. The third-order valence-electron chi connectivity index (χ3n) is 11.5. The number of rotatable bonds is 9. The van der Waals surface area contributed by atoms with E-state index in [-0.39, 0.29) is 65.9 Å². The van der Waals surface area contributed by atoms with Gasteiger partial charge in [0.2, 0.25) is 11.7 Å². The highest BCUT2D eigenvalue weighted by atomic mass is 16.7. The Bertz CT molecular complexity index is 1880. The molecule has 7 rings (SSSR count). The van der Waals surface area contributed by atoms with Crippen LogP contribution in [-0.2, 0) is 35.0 Å². The second-order valence-corrected chi connectivity index (χ2v) is 15.1. The zero-order valence-electron chi connectivity index (χ0n) is 31.1. The van der Waals surface area contributed by atoms with Crippen LogP contribution in [0.3, 0.4) is 0 Å².